The summed E-state index contributed by atoms with van der Waals surface area (Å²) in [6.07, 6.45) is 1.33. The first-order valence-electron chi connectivity index (χ1n) is 6.95. The minimum Gasteiger partial charge on any atom is -0.398 e. The molecule has 1 aliphatic carbocycles. The zero-order valence-corrected chi connectivity index (χ0v) is 12.8. The Bertz CT molecular complexity index is 756. The van der Waals surface area contributed by atoms with E-state index in [-0.39, 0.29) is 24.0 Å². The van der Waals surface area contributed by atoms with Gasteiger partial charge in [0.25, 0.3) is 0 Å². The lowest BCUT2D eigenvalue weighted by molar-refractivity contribution is 0.0978. The zero-order chi connectivity index (χ0) is 15.0. The summed E-state index contributed by atoms with van der Waals surface area (Å²) in [6, 6.07) is 10.3. The van der Waals surface area contributed by atoms with Gasteiger partial charge in [0.2, 0.25) is 0 Å². The van der Waals surface area contributed by atoms with Crippen LogP contribution in [0.2, 0.25) is 0 Å². The number of nitrogen functional groups attached to an aromatic ring is 1. The Labute approximate surface area is 134 Å². The molecule has 0 saturated carbocycles. The molecular weight excluding hydrogens is 300 g/mol. The maximum absolute atomic E-state index is 12.8. The van der Waals surface area contributed by atoms with E-state index < -0.39 is 0 Å². The molecule has 4 nitrogen and oxygen atoms in total. The van der Waals surface area contributed by atoms with E-state index in [1.165, 1.54) is 0 Å². The summed E-state index contributed by atoms with van der Waals surface area (Å²) in [6.45, 7) is 0.516. The van der Waals surface area contributed by atoms with Crippen LogP contribution in [-0.4, -0.2) is 18.1 Å². The van der Waals surface area contributed by atoms with E-state index in [4.69, 9.17) is 11.5 Å². The number of anilines is 1. The summed E-state index contributed by atoms with van der Waals surface area (Å²) in [5, 5.41) is 0. The second kappa shape index (κ2) is 6.30. The fourth-order valence-electron chi connectivity index (χ4n) is 2.82. The lowest BCUT2D eigenvalue weighted by Crippen LogP contribution is -2.23. The summed E-state index contributed by atoms with van der Waals surface area (Å²) >= 11 is 0. The van der Waals surface area contributed by atoms with Gasteiger partial charge in [-0.2, -0.15) is 0 Å². The Morgan fingerprint density at radius 1 is 0.864 bits per heavy atom. The predicted octanol–water partition coefficient (Wildman–Crippen LogP) is 2.36. The molecule has 0 bridgehead atoms. The van der Waals surface area contributed by atoms with Crippen molar-refractivity contribution >= 4 is 29.7 Å². The van der Waals surface area contributed by atoms with Gasteiger partial charge in [0.05, 0.1) is 0 Å². The molecule has 0 aromatic heterocycles. The second-order valence-electron chi connectivity index (χ2n) is 5.15. The molecule has 0 spiro atoms. The van der Waals surface area contributed by atoms with Gasteiger partial charge < -0.3 is 11.5 Å². The summed E-state index contributed by atoms with van der Waals surface area (Å²) in [5.74, 6) is -0.242. The SMILES string of the molecule is Cl.NCCCc1c(N)ccc2c1C(=O)c1ccccc1C2=O. The molecule has 3 rings (SSSR count). The average molecular weight is 317 g/mol. The Morgan fingerprint density at radius 3 is 2.14 bits per heavy atom. The standard InChI is InChI=1S/C17H16N2O2.ClH/c18-9-3-6-12-14(19)8-7-13-15(12)17(21)11-5-2-1-4-10(11)16(13)20;/h1-2,4-5,7-8H,3,6,9,18-19H2;1H. The third-order valence-corrected chi connectivity index (χ3v) is 3.87. The highest BCUT2D eigenvalue weighted by Crippen LogP contribution is 2.32. The third-order valence-electron chi connectivity index (χ3n) is 3.87. The Balaban J connectivity index is 0.00000176. The molecule has 2 aromatic carbocycles. The summed E-state index contributed by atoms with van der Waals surface area (Å²) in [5.41, 5.74) is 14.7. The fourth-order valence-corrected chi connectivity index (χ4v) is 2.82. The molecule has 2 aromatic rings. The molecule has 0 radical (unpaired) electrons. The van der Waals surface area contributed by atoms with Crippen LogP contribution >= 0.6 is 12.4 Å². The lowest BCUT2D eigenvalue weighted by atomic mass is 9.80. The highest BCUT2D eigenvalue weighted by atomic mass is 35.5. The number of carbonyl (C=O) groups is 2. The van der Waals surface area contributed by atoms with Crippen LogP contribution in [0.3, 0.4) is 0 Å². The number of halogens is 1. The first-order valence-corrected chi connectivity index (χ1v) is 6.95. The van der Waals surface area contributed by atoms with Crippen LogP contribution in [0.4, 0.5) is 5.69 Å². The molecule has 0 heterocycles. The largest absolute Gasteiger partial charge is 0.398 e. The van der Waals surface area contributed by atoms with Crippen LogP contribution in [0.25, 0.3) is 0 Å². The Kier molecular flexibility index (Phi) is 4.64. The van der Waals surface area contributed by atoms with Crippen molar-refractivity contribution < 1.29 is 9.59 Å². The molecule has 0 unspecified atom stereocenters. The summed E-state index contributed by atoms with van der Waals surface area (Å²) in [7, 11) is 0. The smallest absolute Gasteiger partial charge is 0.194 e. The number of nitrogens with two attached hydrogens (primary N) is 2. The van der Waals surface area contributed by atoms with Gasteiger partial charge in [-0.05, 0) is 37.1 Å². The van der Waals surface area contributed by atoms with Crippen LogP contribution in [0.1, 0.15) is 43.8 Å². The molecule has 5 heteroatoms. The van der Waals surface area contributed by atoms with Crippen molar-refractivity contribution in [2.75, 3.05) is 12.3 Å². The predicted molar refractivity (Wildman–Crippen MR) is 88.8 cm³/mol. The second-order valence-corrected chi connectivity index (χ2v) is 5.15. The van der Waals surface area contributed by atoms with E-state index in [1.807, 2.05) is 0 Å². The zero-order valence-electron chi connectivity index (χ0n) is 12.0. The minimum absolute atomic E-state index is 0. The van der Waals surface area contributed by atoms with Gasteiger partial charge in [-0.25, -0.2) is 0 Å². The van der Waals surface area contributed by atoms with Gasteiger partial charge >= 0.3 is 0 Å². The molecule has 0 aliphatic heterocycles. The van der Waals surface area contributed by atoms with Crippen LogP contribution in [-0.2, 0) is 6.42 Å². The molecule has 22 heavy (non-hydrogen) atoms. The summed E-state index contributed by atoms with van der Waals surface area (Å²) < 4.78 is 0. The van der Waals surface area contributed by atoms with Gasteiger partial charge in [0.1, 0.15) is 0 Å². The number of hydrogen-bond acceptors (Lipinski definition) is 4. The number of benzene rings is 2. The van der Waals surface area contributed by atoms with Gasteiger partial charge in [0.15, 0.2) is 11.6 Å². The van der Waals surface area contributed by atoms with E-state index in [0.29, 0.717) is 40.9 Å². The maximum atomic E-state index is 12.8. The van der Waals surface area contributed by atoms with Gasteiger partial charge in [0, 0.05) is 27.9 Å². The van der Waals surface area contributed by atoms with Crippen LogP contribution in [0.5, 0.6) is 0 Å². The minimum atomic E-state index is -0.125. The van der Waals surface area contributed by atoms with E-state index in [9.17, 15) is 9.59 Å². The quantitative estimate of drug-likeness (QED) is 0.726. The van der Waals surface area contributed by atoms with Crippen molar-refractivity contribution in [2.45, 2.75) is 12.8 Å². The fraction of sp³-hybridized carbons (Fsp3) is 0.176. The molecule has 0 amide bonds. The van der Waals surface area contributed by atoms with Crippen LogP contribution in [0, 0.1) is 0 Å². The van der Waals surface area contributed by atoms with E-state index in [1.54, 1.807) is 36.4 Å². The van der Waals surface area contributed by atoms with Crippen molar-refractivity contribution in [3.05, 3.63) is 64.2 Å². The van der Waals surface area contributed by atoms with E-state index >= 15 is 0 Å². The average Bonchev–Trinajstić information content (AvgIpc) is 2.51. The van der Waals surface area contributed by atoms with Gasteiger partial charge in [-0.1, -0.05) is 24.3 Å². The molecule has 4 N–H and O–H groups in total. The normalized spacial score (nSPS) is 12.4. The van der Waals surface area contributed by atoms with Crippen molar-refractivity contribution in [3.8, 4) is 0 Å². The van der Waals surface area contributed by atoms with Gasteiger partial charge in [-0.15, -0.1) is 12.4 Å². The van der Waals surface area contributed by atoms with E-state index in [0.717, 1.165) is 12.0 Å². The lowest BCUT2D eigenvalue weighted by Gasteiger charge is -2.21. The number of fused-ring (bicyclic) bond motifs is 2. The highest BCUT2D eigenvalue weighted by molar-refractivity contribution is 6.29. The topological polar surface area (TPSA) is 86.2 Å². The number of hydrogen-bond donors (Lipinski definition) is 2. The molecular formula is C17H17ClN2O2. The summed E-state index contributed by atoms with van der Waals surface area (Å²) in [4.78, 5) is 25.3. The number of ketones is 2. The van der Waals surface area contributed by atoms with Gasteiger partial charge in [-0.3, -0.25) is 9.59 Å². The monoisotopic (exact) mass is 316 g/mol. The first kappa shape index (κ1) is 16.2. The van der Waals surface area contributed by atoms with Crippen molar-refractivity contribution in [1.29, 1.82) is 0 Å². The van der Waals surface area contributed by atoms with Crippen molar-refractivity contribution in [3.63, 3.8) is 0 Å². The molecule has 0 saturated heterocycles. The van der Waals surface area contributed by atoms with Crippen LogP contribution in [0.15, 0.2) is 36.4 Å². The molecule has 1 aliphatic rings. The number of rotatable bonds is 3. The van der Waals surface area contributed by atoms with Crippen LogP contribution < -0.4 is 11.5 Å². The van der Waals surface area contributed by atoms with Crippen molar-refractivity contribution in [1.82, 2.24) is 0 Å². The van der Waals surface area contributed by atoms with Crippen molar-refractivity contribution in [2.24, 2.45) is 5.73 Å². The Hall–Kier alpha value is -2.17. The Morgan fingerprint density at radius 2 is 1.50 bits per heavy atom. The van der Waals surface area contributed by atoms with E-state index in [2.05, 4.69) is 0 Å². The first-order chi connectivity index (χ1) is 10.1. The highest BCUT2D eigenvalue weighted by Gasteiger charge is 2.31. The molecule has 0 atom stereocenters. The third kappa shape index (κ3) is 2.40. The maximum Gasteiger partial charge on any atom is 0.194 e. The molecule has 114 valence electrons. The number of carbonyl (C=O) groups excluding carboxylic acids is 2. The molecule has 0 fully saturated rings.